The Bertz CT molecular complexity index is 354. The summed E-state index contributed by atoms with van der Waals surface area (Å²) in [7, 11) is 0. The molecule has 1 aromatic rings. The zero-order chi connectivity index (χ0) is 12.3. The highest BCUT2D eigenvalue weighted by Gasteiger charge is 2.23. The van der Waals surface area contributed by atoms with Crippen LogP contribution in [0.5, 0.6) is 0 Å². The molecule has 0 aliphatic heterocycles. The van der Waals surface area contributed by atoms with Crippen molar-refractivity contribution in [3.05, 3.63) is 35.1 Å². The molecule has 0 aliphatic carbocycles. The first-order valence-electron chi connectivity index (χ1n) is 5.67. The zero-order valence-electron chi connectivity index (χ0n) is 10.1. The Morgan fingerprint density at radius 2 is 2.06 bits per heavy atom. The second kappa shape index (κ2) is 5.41. The SMILES string of the molecule is CCC(C)[C@H](O)[C@H](N)c1ccc(F)cc1C. The summed E-state index contributed by atoms with van der Waals surface area (Å²) in [5.74, 6) is -0.133. The minimum Gasteiger partial charge on any atom is -0.391 e. The predicted molar refractivity (Wildman–Crippen MR) is 63.5 cm³/mol. The summed E-state index contributed by atoms with van der Waals surface area (Å²) in [6, 6.07) is 4.03. The van der Waals surface area contributed by atoms with Gasteiger partial charge in [-0.3, -0.25) is 0 Å². The summed E-state index contributed by atoms with van der Waals surface area (Å²) in [5.41, 5.74) is 7.59. The number of benzene rings is 1. The van der Waals surface area contributed by atoms with E-state index < -0.39 is 12.1 Å². The lowest BCUT2D eigenvalue weighted by atomic mass is 9.89. The number of hydrogen-bond donors (Lipinski definition) is 2. The fourth-order valence-corrected chi connectivity index (χ4v) is 1.79. The van der Waals surface area contributed by atoms with Crippen LogP contribution < -0.4 is 5.73 Å². The average molecular weight is 225 g/mol. The molecule has 0 fully saturated rings. The maximum Gasteiger partial charge on any atom is 0.123 e. The van der Waals surface area contributed by atoms with Crippen molar-refractivity contribution in [1.29, 1.82) is 0 Å². The third-order valence-electron chi connectivity index (χ3n) is 3.19. The number of nitrogens with two attached hydrogens (primary N) is 1. The third kappa shape index (κ3) is 2.80. The van der Waals surface area contributed by atoms with Crippen molar-refractivity contribution in [1.82, 2.24) is 0 Å². The molecule has 1 rings (SSSR count). The van der Waals surface area contributed by atoms with Gasteiger partial charge >= 0.3 is 0 Å². The van der Waals surface area contributed by atoms with E-state index in [1.54, 1.807) is 6.07 Å². The first kappa shape index (κ1) is 13.1. The topological polar surface area (TPSA) is 46.2 Å². The van der Waals surface area contributed by atoms with E-state index in [4.69, 9.17) is 5.73 Å². The molecule has 3 atom stereocenters. The van der Waals surface area contributed by atoms with E-state index in [-0.39, 0.29) is 11.7 Å². The van der Waals surface area contributed by atoms with Gasteiger partial charge in [-0.05, 0) is 36.1 Å². The number of aliphatic hydroxyl groups excluding tert-OH is 1. The van der Waals surface area contributed by atoms with E-state index in [0.717, 1.165) is 17.5 Å². The molecule has 1 unspecified atom stereocenters. The fourth-order valence-electron chi connectivity index (χ4n) is 1.79. The van der Waals surface area contributed by atoms with Crippen LogP contribution in [0.4, 0.5) is 4.39 Å². The number of rotatable bonds is 4. The molecule has 0 saturated heterocycles. The lowest BCUT2D eigenvalue weighted by molar-refractivity contribution is 0.0877. The van der Waals surface area contributed by atoms with Gasteiger partial charge in [0, 0.05) is 0 Å². The van der Waals surface area contributed by atoms with Crippen molar-refractivity contribution in [2.24, 2.45) is 11.7 Å². The molecule has 0 heterocycles. The Kier molecular flexibility index (Phi) is 4.44. The van der Waals surface area contributed by atoms with Gasteiger partial charge < -0.3 is 10.8 Å². The van der Waals surface area contributed by atoms with E-state index in [2.05, 4.69) is 0 Å². The van der Waals surface area contributed by atoms with Crippen LogP contribution in [-0.2, 0) is 0 Å². The van der Waals surface area contributed by atoms with Gasteiger partial charge in [-0.25, -0.2) is 4.39 Å². The van der Waals surface area contributed by atoms with Crippen molar-refractivity contribution in [3.63, 3.8) is 0 Å². The van der Waals surface area contributed by atoms with Crippen LogP contribution in [0.3, 0.4) is 0 Å². The minimum absolute atomic E-state index is 0.138. The maximum absolute atomic E-state index is 12.9. The Morgan fingerprint density at radius 1 is 1.44 bits per heavy atom. The third-order valence-corrected chi connectivity index (χ3v) is 3.19. The second-order valence-electron chi connectivity index (χ2n) is 4.40. The van der Waals surface area contributed by atoms with E-state index in [1.807, 2.05) is 20.8 Å². The lowest BCUT2D eigenvalue weighted by Crippen LogP contribution is -2.32. The van der Waals surface area contributed by atoms with E-state index in [9.17, 15) is 9.50 Å². The van der Waals surface area contributed by atoms with Crippen molar-refractivity contribution < 1.29 is 9.50 Å². The highest BCUT2D eigenvalue weighted by molar-refractivity contribution is 5.30. The standard InChI is InChI=1S/C13H20FNO/c1-4-8(2)13(16)12(15)11-6-5-10(14)7-9(11)3/h5-8,12-13,16H,4,15H2,1-3H3/t8?,12-,13+/m1/s1. The van der Waals surface area contributed by atoms with Gasteiger partial charge in [0.25, 0.3) is 0 Å². The molecule has 0 saturated carbocycles. The monoisotopic (exact) mass is 225 g/mol. The van der Waals surface area contributed by atoms with E-state index in [1.165, 1.54) is 12.1 Å². The summed E-state index contributed by atoms with van der Waals surface area (Å²) >= 11 is 0. The first-order valence-corrected chi connectivity index (χ1v) is 5.67. The fraction of sp³-hybridized carbons (Fsp3) is 0.538. The van der Waals surface area contributed by atoms with Crippen molar-refractivity contribution in [2.45, 2.75) is 39.3 Å². The Hall–Kier alpha value is -0.930. The molecule has 1 aromatic carbocycles. The smallest absolute Gasteiger partial charge is 0.123 e. The van der Waals surface area contributed by atoms with E-state index in [0.29, 0.717) is 0 Å². The maximum atomic E-state index is 12.9. The minimum atomic E-state index is -0.589. The summed E-state index contributed by atoms with van der Waals surface area (Å²) in [5, 5.41) is 10.0. The van der Waals surface area contributed by atoms with Crippen LogP contribution in [0.25, 0.3) is 0 Å². The summed E-state index contributed by atoms with van der Waals surface area (Å²) in [6.07, 6.45) is 0.281. The molecule has 2 nitrogen and oxygen atoms in total. The Balaban J connectivity index is 2.91. The molecule has 0 aliphatic rings. The van der Waals surface area contributed by atoms with Crippen molar-refractivity contribution in [2.75, 3.05) is 0 Å². The molecule has 3 heteroatoms. The number of aryl methyl sites for hydroxylation is 1. The van der Waals surface area contributed by atoms with Gasteiger partial charge in [-0.2, -0.15) is 0 Å². The molecule has 0 radical (unpaired) electrons. The first-order chi connectivity index (χ1) is 7.47. The highest BCUT2D eigenvalue weighted by Crippen LogP contribution is 2.24. The molecular weight excluding hydrogens is 205 g/mol. The largest absolute Gasteiger partial charge is 0.391 e. The summed E-state index contributed by atoms with van der Waals surface area (Å²) in [6.45, 7) is 5.78. The highest BCUT2D eigenvalue weighted by atomic mass is 19.1. The van der Waals surface area contributed by atoms with Crippen LogP contribution in [0.15, 0.2) is 18.2 Å². The van der Waals surface area contributed by atoms with Crippen LogP contribution in [0, 0.1) is 18.7 Å². The van der Waals surface area contributed by atoms with Crippen LogP contribution >= 0.6 is 0 Å². The van der Waals surface area contributed by atoms with Gasteiger partial charge in [0.15, 0.2) is 0 Å². The number of aliphatic hydroxyl groups is 1. The Labute approximate surface area is 96.3 Å². The number of hydrogen-bond acceptors (Lipinski definition) is 2. The van der Waals surface area contributed by atoms with E-state index >= 15 is 0 Å². The van der Waals surface area contributed by atoms with Crippen LogP contribution in [0.2, 0.25) is 0 Å². The van der Waals surface area contributed by atoms with Crippen LogP contribution in [0.1, 0.15) is 37.4 Å². The van der Waals surface area contributed by atoms with Gasteiger partial charge in [-0.15, -0.1) is 0 Å². The molecule has 90 valence electrons. The van der Waals surface area contributed by atoms with Gasteiger partial charge in [-0.1, -0.05) is 26.3 Å². The molecular formula is C13H20FNO. The normalized spacial score (nSPS) is 16.9. The van der Waals surface area contributed by atoms with Gasteiger partial charge in [0.05, 0.1) is 12.1 Å². The number of halogens is 1. The second-order valence-corrected chi connectivity index (χ2v) is 4.40. The lowest BCUT2D eigenvalue weighted by Gasteiger charge is -2.25. The van der Waals surface area contributed by atoms with Crippen LogP contribution in [-0.4, -0.2) is 11.2 Å². The predicted octanol–water partition coefficient (Wildman–Crippen LogP) is 2.54. The molecule has 3 N–H and O–H groups in total. The summed E-state index contributed by atoms with van der Waals surface area (Å²) < 4.78 is 12.9. The Morgan fingerprint density at radius 3 is 2.56 bits per heavy atom. The molecule has 0 bridgehead atoms. The molecule has 16 heavy (non-hydrogen) atoms. The van der Waals surface area contributed by atoms with Gasteiger partial charge in [0.1, 0.15) is 5.82 Å². The average Bonchev–Trinajstić information content (AvgIpc) is 2.26. The summed E-state index contributed by atoms with van der Waals surface area (Å²) in [4.78, 5) is 0. The quantitative estimate of drug-likeness (QED) is 0.827. The zero-order valence-corrected chi connectivity index (χ0v) is 10.1. The van der Waals surface area contributed by atoms with Crippen molar-refractivity contribution in [3.8, 4) is 0 Å². The molecule has 0 spiro atoms. The van der Waals surface area contributed by atoms with Crippen molar-refractivity contribution >= 4 is 0 Å². The molecule has 0 aromatic heterocycles. The van der Waals surface area contributed by atoms with Gasteiger partial charge in [0.2, 0.25) is 0 Å². The molecule has 0 amide bonds.